The number of rotatable bonds is 8. The standard InChI is InChI=1S/C24H21ClF2N4O4S2/c1-14-21(37(34,35)18-6-3-16(25)4-7-18)10-36-22(14)23(32)30-15(2)24(33,11-31-13-28-12-29-31)19-8-5-17(26)9-20(19)27/h3-10,12-13,15,33H,11H2,1-2H3,(H,30,32). The van der Waals surface area contributed by atoms with Crippen molar-refractivity contribution in [2.45, 2.75) is 41.8 Å². The number of hydrogen-bond donors (Lipinski definition) is 2. The number of hydrogen-bond acceptors (Lipinski definition) is 7. The van der Waals surface area contributed by atoms with Crippen LogP contribution in [0.1, 0.15) is 27.7 Å². The van der Waals surface area contributed by atoms with E-state index in [2.05, 4.69) is 15.4 Å². The van der Waals surface area contributed by atoms with Crippen LogP contribution in [0.4, 0.5) is 8.78 Å². The highest BCUT2D eigenvalue weighted by atomic mass is 35.5. The Morgan fingerprint density at radius 2 is 1.95 bits per heavy atom. The zero-order valence-corrected chi connectivity index (χ0v) is 21.9. The van der Waals surface area contributed by atoms with Crippen LogP contribution in [-0.2, 0) is 22.0 Å². The van der Waals surface area contributed by atoms with Crippen molar-refractivity contribution >= 4 is 38.7 Å². The maximum atomic E-state index is 14.7. The minimum absolute atomic E-state index is 0.0205. The predicted octanol–water partition coefficient (Wildman–Crippen LogP) is 4.12. The maximum Gasteiger partial charge on any atom is 0.261 e. The molecule has 2 atom stereocenters. The Bertz CT molecular complexity index is 1540. The average molecular weight is 567 g/mol. The number of thiophene rings is 1. The molecule has 0 aliphatic carbocycles. The number of aromatic nitrogens is 3. The van der Waals surface area contributed by atoms with Gasteiger partial charge in [0.15, 0.2) is 0 Å². The molecule has 0 fully saturated rings. The molecule has 0 saturated carbocycles. The third-order valence-corrected chi connectivity index (χ3v) is 9.32. The van der Waals surface area contributed by atoms with Crippen molar-refractivity contribution in [3.05, 3.63) is 93.2 Å². The molecule has 2 N–H and O–H groups in total. The zero-order valence-electron chi connectivity index (χ0n) is 19.5. The first-order valence-corrected chi connectivity index (χ1v) is 13.6. The van der Waals surface area contributed by atoms with Gasteiger partial charge >= 0.3 is 0 Å². The Balaban J connectivity index is 1.65. The molecule has 0 spiro atoms. The lowest BCUT2D eigenvalue weighted by Crippen LogP contribution is -2.51. The van der Waals surface area contributed by atoms with Crippen LogP contribution >= 0.6 is 22.9 Å². The number of amides is 1. The Labute approximate surface area is 220 Å². The smallest absolute Gasteiger partial charge is 0.261 e. The van der Waals surface area contributed by atoms with Crippen LogP contribution in [-0.4, -0.2) is 40.2 Å². The number of nitrogens with zero attached hydrogens (tertiary/aromatic N) is 3. The van der Waals surface area contributed by atoms with Crippen LogP contribution < -0.4 is 5.32 Å². The second-order valence-corrected chi connectivity index (χ2v) is 11.6. The Kier molecular flexibility index (Phi) is 7.47. The van der Waals surface area contributed by atoms with E-state index in [1.165, 1.54) is 60.8 Å². The van der Waals surface area contributed by atoms with Crippen LogP contribution in [0.2, 0.25) is 5.02 Å². The molecule has 2 heterocycles. The van der Waals surface area contributed by atoms with Crippen molar-refractivity contribution in [3.63, 3.8) is 0 Å². The van der Waals surface area contributed by atoms with Crippen molar-refractivity contribution in [3.8, 4) is 0 Å². The van der Waals surface area contributed by atoms with Gasteiger partial charge in [0.05, 0.1) is 27.3 Å². The van der Waals surface area contributed by atoms with Crippen LogP contribution in [0.3, 0.4) is 0 Å². The molecule has 0 bridgehead atoms. The highest BCUT2D eigenvalue weighted by molar-refractivity contribution is 7.91. The summed E-state index contributed by atoms with van der Waals surface area (Å²) in [5.41, 5.74) is -2.10. The van der Waals surface area contributed by atoms with Gasteiger partial charge in [-0.25, -0.2) is 26.9 Å². The van der Waals surface area contributed by atoms with Gasteiger partial charge in [0.25, 0.3) is 5.91 Å². The molecule has 1 amide bonds. The van der Waals surface area contributed by atoms with Gasteiger partial charge in [-0.1, -0.05) is 17.7 Å². The minimum atomic E-state index is -3.92. The average Bonchev–Trinajstić information content (AvgIpc) is 3.48. The molecule has 4 aromatic rings. The summed E-state index contributed by atoms with van der Waals surface area (Å²) in [6.07, 6.45) is 2.53. The van der Waals surface area contributed by atoms with Crippen molar-refractivity contribution in [2.75, 3.05) is 0 Å². The van der Waals surface area contributed by atoms with Crippen molar-refractivity contribution < 1.29 is 27.1 Å². The molecular formula is C24H21ClF2N4O4S2. The number of carbonyl (C=O) groups excluding carboxylic acids is 1. The first-order valence-electron chi connectivity index (χ1n) is 10.8. The maximum absolute atomic E-state index is 14.7. The molecule has 0 aliphatic heterocycles. The van der Waals surface area contributed by atoms with E-state index in [0.717, 1.165) is 23.5 Å². The number of aliphatic hydroxyl groups is 1. The van der Waals surface area contributed by atoms with Crippen molar-refractivity contribution in [1.29, 1.82) is 0 Å². The van der Waals surface area contributed by atoms with Gasteiger partial charge in [-0.3, -0.25) is 4.79 Å². The fourth-order valence-corrected chi connectivity index (χ4v) is 6.82. The van der Waals surface area contributed by atoms with Crippen LogP contribution in [0.5, 0.6) is 0 Å². The summed E-state index contributed by atoms with van der Waals surface area (Å²) in [7, 11) is -3.92. The quantitative estimate of drug-likeness (QED) is 0.332. The molecule has 194 valence electrons. The molecule has 13 heteroatoms. The van der Waals surface area contributed by atoms with Gasteiger partial charge in [0.1, 0.15) is 29.9 Å². The number of carbonyl (C=O) groups is 1. The molecule has 4 rings (SSSR count). The van der Waals surface area contributed by atoms with Gasteiger partial charge in [-0.2, -0.15) is 5.10 Å². The molecule has 2 aromatic heterocycles. The Hall–Kier alpha value is -3.19. The molecule has 2 unspecified atom stereocenters. The van der Waals surface area contributed by atoms with Gasteiger partial charge < -0.3 is 10.4 Å². The molecule has 0 aliphatic rings. The summed E-state index contributed by atoms with van der Waals surface area (Å²) in [4.78, 5) is 17.1. The number of benzene rings is 2. The lowest BCUT2D eigenvalue weighted by molar-refractivity contribution is -0.0185. The largest absolute Gasteiger partial charge is 0.381 e. The molecule has 8 nitrogen and oxygen atoms in total. The highest BCUT2D eigenvalue weighted by Gasteiger charge is 2.40. The SMILES string of the molecule is Cc1c(S(=O)(=O)c2ccc(Cl)cc2)csc1C(=O)NC(C)C(O)(Cn1cncn1)c1ccc(F)cc1F. The molecule has 0 radical (unpaired) electrons. The molecular weight excluding hydrogens is 546 g/mol. The van der Waals surface area contributed by atoms with E-state index in [0.29, 0.717) is 11.1 Å². The Morgan fingerprint density at radius 3 is 2.57 bits per heavy atom. The van der Waals surface area contributed by atoms with Gasteiger partial charge in [-0.15, -0.1) is 11.3 Å². The van der Waals surface area contributed by atoms with Crippen LogP contribution in [0, 0.1) is 18.6 Å². The van der Waals surface area contributed by atoms with Crippen molar-refractivity contribution in [1.82, 2.24) is 20.1 Å². The van der Waals surface area contributed by atoms with E-state index in [9.17, 15) is 27.1 Å². The molecule has 2 aromatic carbocycles. The van der Waals surface area contributed by atoms with Crippen molar-refractivity contribution in [2.24, 2.45) is 0 Å². The predicted molar refractivity (Wildman–Crippen MR) is 133 cm³/mol. The van der Waals surface area contributed by atoms with E-state index in [4.69, 9.17) is 11.6 Å². The molecule has 0 saturated heterocycles. The third kappa shape index (κ3) is 5.28. The van der Waals surface area contributed by atoms with E-state index >= 15 is 0 Å². The monoisotopic (exact) mass is 566 g/mol. The minimum Gasteiger partial charge on any atom is -0.381 e. The Morgan fingerprint density at radius 1 is 1.24 bits per heavy atom. The first kappa shape index (κ1) is 26.9. The van der Waals surface area contributed by atoms with Gasteiger partial charge in [-0.05, 0) is 49.7 Å². The lowest BCUT2D eigenvalue weighted by atomic mass is 9.86. The number of halogens is 3. The van der Waals surface area contributed by atoms with E-state index in [1.807, 2.05) is 0 Å². The summed E-state index contributed by atoms with van der Waals surface area (Å²) < 4.78 is 55.8. The third-order valence-electron chi connectivity index (χ3n) is 5.94. The van der Waals surface area contributed by atoms with E-state index in [-0.39, 0.29) is 32.3 Å². The van der Waals surface area contributed by atoms with E-state index < -0.39 is 39.0 Å². The summed E-state index contributed by atoms with van der Waals surface area (Å²) in [5.74, 6) is -2.51. The normalized spacial score (nSPS) is 14.2. The zero-order chi connectivity index (χ0) is 27.0. The second-order valence-electron chi connectivity index (χ2n) is 8.35. The fourth-order valence-electron chi connectivity index (χ4n) is 3.87. The van der Waals surface area contributed by atoms with Crippen LogP contribution in [0.15, 0.2) is 70.3 Å². The fraction of sp³-hybridized carbons (Fsp3) is 0.208. The van der Waals surface area contributed by atoms with Gasteiger partial charge in [0.2, 0.25) is 9.84 Å². The number of sulfone groups is 1. The second kappa shape index (κ2) is 10.3. The summed E-state index contributed by atoms with van der Waals surface area (Å²) in [6.45, 7) is 2.64. The van der Waals surface area contributed by atoms with E-state index in [1.54, 1.807) is 0 Å². The topological polar surface area (TPSA) is 114 Å². The first-order chi connectivity index (χ1) is 17.4. The highest BCUT2D eigenvalue weighted by Crippen LogP contribution is 2.33. The summed E-state index contributed by atoms with van der Waals surface area (Å²) in [6, 6.07) is 7.26. The lowest BCUT2D eigenvalue weighted by Gasteiger charge is -2.35. The summed E-state index contributed by atoms with van der Waals surface area (Å²) >= 11 is 6.78. The summed E-state index contributed by atoms with van der Waals surface area (Å²) in [5, 5.41) is 19.9. The van der Waals surface area contributed by atoms with Crippen LogP contribution in [0.25, 0.3) is 0 Å². The van der Waals surface area contributed by atoms with Gasteiger partial charge in [0, 0.05) is 22.0 Å². The number of nitrogens with one attached hydrogen (secondary N) is 1. The molecule has 37 heavy (non-hydrogen) atoms.